The second-order valence-electron chi connectivity index (χ2n) is 8.34. The second kappa shape index (κ2) is 16.7. The van der Waals surface area contributed by atoms with Crippen LogP contribution in [0.4, 0.5) is 33.0 Å². The molecule has 2 N–H and O–H groups in total. The van der Waals surface area contributed by atoms with E-state index in [4.69, 9.17) is 0 Å². The van der Waals surface area contributed by atoms with Crippen LogP contribution in [0.2, 0.25) is 0 Å². The van der Waals surface area contributed by atoms with Gasteiger partial charge in [0.2, 0.25) is 10.3 Å². The largest absolute Gasteiger partial charge is 0.506 e. The van der Waals surface area contributed by atoms with E-state index in [2.05, 4.69) is 76.7 Å². The maximum absolute atomic E-state index is 10.0. The van der Waals surface area contributed by atoms with Crippen molar-refractivity contribution in [1.29, 1.82) is 0 Å². The smallest absolute Gasteiger partial charge is 0.249 e. The van der Waals surface area contributed by atoms with Gasteiger partial charge in [-0.25, -0.2) is 9.97 Å². The standard InChI is InChI=1S/2C13H17N5OS.Co/c2*1-4-18(5-2)10-6-7-11(12(19)8-10)15-16-13-14-9(3)17-20-13;/h2*6-8,19H,4-5H2,1-3H3;. The molecule has 0 fully saturated rings. The predicted octanol–water partition coefficient (Wildman–Crippen LogP) is 7.62. The van der Waals surface area contributed by atoms with Crippen LogP contribution in [-0.2, 0) is 16.8 Å². The van der Waals surface area contributed by atoms with Crippen molar-refractivity contribution in [2.45, 2.75) is 41.5 Å². The minimum atomic E-state index is 0. The van der Waals surface area contributed by atoms with Crippen LogP contribution in [0.15, 0.2) is 56.9 Å². The van der Waals surface area contributed by atoms with E-state index in [1.807, 2.05) is 12.1 Å². The molecule has 0 atom stereocenters. The molecule has 4 aromatic rings. The number of phenolic OH excluding ortho intramolecular Hbond substituents is 2. The van der Waals surface area contributed by atoms with Crippen LogP contribution >= 0.6 is 23.1 Å². The van der Waals surface area contributed by atoms with Crippen molar-refractivity contribution in [3.05, 3.63) is 48.0 Å². The maximum Gasteiger partial charge on any atom is 0.249 e. The third kappa shape index (κ3) is 9.81. The van der Waals surface area contributed by atoms with Gasteiger partial charge in [-0.2, -0.15) is 8.75 Å². The van der Waals surface area contributed by atoms with E-state index in [1.165, 1.54) is 23.1 Å². The Bertz CT molecular complexity index is 1330. The molecule has 0 saturated heterocycles. The topological polar surface area (TPSA) is 148 Å². The summed E-state index contributed by atoms with van der Waals surface area (Å²) < 4.78 is 8.04. The summed E-state index contributed by atoms with van der Waals surface area (Å²) in [6.45, 7) is 15.5. The average Bonchev–Trinajstić information content (AvgIpc) is 3.56. The first-order chi connectivity index (χ1) is 19.3. The van der Waals surface area contributed by atoms with Crippen molar-refractivity contribution >= 4 is 56.1 Å². The minimum absolute atomic E-state index is 0. The Morgan fingerprint density at radius 1 is 0.634 bits per heavy atom. The number of aromatic nitrogens is 4. The summed E-state index contributed by atoms with van der Waals surface area (Å²) in [5, 5.41) is 36.9. The number of hydrogen-bond donors (Lipinski definition) is 2. The van der Waals surface area contributed by atoms with E-state index in [-0.39, 0.29) is 28.3 Å². The number of benzene rings is 2. The number of anilines is 2. The van der Waals surface area contributed by atoms with Crippen molar-refractivity contribution in [3.8, 4) is 11.5 Å². The van der Waals surface area contributed by atoms with Gasteiger partial charge in [0, 0.05) is 89.5 Å². The number of phenols is 2. The molecule has 0 saturated carbocycles. The molecule has 2 heterocycles. The van der Waals surface area contributed by atoms with Crippen LogP contribution in [0.1, 0.15) is 39.3 Å². The summed E-state index contributed by atoms with van der Waals surface area (Å²) in [4.78, 5) is 12.5. The van der Waals surface area contributed by atoms with Crippen LogP contribution in [0.25, 0.3) is 0 Å². The molecule has 0 aliphatic carbocycles. The maximum atomic E-state index is 10.0. The molecule has 12 nitrogen and oxygen atoms in total. The van der Waals surface area contributed by atoms with Crippen molar-refractivity contribution in [3.63, 3.8) is 0 Å². The summed E-state index contributed by atoms with van der Waals surface area (Å²) in [6, 6.07) is 10.7. The van der Waals surface area contributed by atoms with Crippen LogP contribution < -0.4 is 9.80 Å². The quantitative estimate of drug-likeness (QED) is 0.168. The first-order valence-electron chi connectivity index (χ1n) is 12.9. The number of aromatic hydroxyl groups is 2. The van der Waals surface area contributed by atoms with Gasteiger partial charge in [-0.15, -0.1) is 20.5 Å². The van der Waals surface area contributed by atoms with Gasteiger partial charge in [0.15, 0.2) is 0 Å². The second-order valence-corrected chi connectivity index (χ2v) is 9.80. The number of rotatable bonds is 10. The number of hydrogen-bond acceptors (Lipinski definition) is 14. The number of azo groups is 2. The molecule has 221 valence electrons. The molecular formula is C26H34CoN10O2S2. The van der Waals surface area contributed by atoms with Crippen molar-refractivity contribution < 1.29 is 27.0 Å². The molecule has 0 spiro atoms. The molecule has 1 radical (unpaired) electrons. The van der Waals surface area contributed by atoms with Crippen molar-refractivity contribution in [1.82, 2.24) is 18.7 Å². The van der Waals surface area contributed by atoms with E-state index in [1.54, 1.807) is 38.1 Å². The van der Waals surface area contributed by atoms with E-state index in [9.17, 15) is 10.2 Å². The summed E-state index contributed by atoms with van der Waals surface area (Å²) >= 11 is 2.36. The summed E-state index contributed by atoms with van der Waals surface area (Å²) in [7, 11) is 0. The van der Waals surface area contributed by atoms with Gasteiger partial charge in [-0.05, 0) is 65.8 Å². The molecule has 0 bridgehead atoms. The zero-order valence-electron chi connectivity index (χ0n) is 23.8. The summed E-state index contributed by atoms with van der Waals surface area (Å²) in [6.07, 6.45) is 0. The van der Waals surface area contributed by atoms with Gasteiger partial charge in [0.1, 0.15) is 34.5 Å². The summed E-state index contributed by atoms with van der Waals surface area (Å²) in [5.41, 5.74) is 2.79. The minimum Gasteiger partial charge on any atom is -0.506 e. The Morgan fingerprint density at radius 3 is 1.27 bits per heavy atom. The number of aryl methyl sites for hydroxylation is 2. The first-order valence-corrected chi connectivity index (χ1v) is 14.4. The Hall–Kier alpha value is -3.53. The predicted molar refractivity (Wildman–Crippen MR) is 161 cm³/mol. The molecule has 2 aromatic heterocycles. The van der Waals surface area contributed by atoms with Gasteiger partial charge in [-0.3, -0.25) is 0 Å². The zero-order chi connectivity index (χ0) is 29.1. The van der Waals surface area contributed by atoms with Crippen LogP contribution in [-0.4, -0.2) is 55.1 Å². The molecule has 0 aliphatic heterocycles. The normalized spacial score (nSPS) is 10.9. The average molecular weight is 642 g/mol. The molecule has 15 heteroatoms. The van der Waals surface area contributed by atoms with Gasteiger partial charge >= 0.3 is 0 Å². The molecule has 4 rings (SSSR count). The van der Waals surface area contributed by atoms with Crippen LogP contribution in [0.5, 0.6) is 11.5 Å². The van der Waals surface area contributed by atoms with Crippen molar-refractivity contribution in [2.75, 3.05) is 36.0 Å². The van der Waals surface area contributed by atoms with Crippen LogP contribution in [0, 0.1) is 13.8 Å². The fourth-order valence-corrected chi connectivity index (χ4v) is 4.62. The van der Waals surface area contributed by atoms with E-state index in [0.29, 0.717) is 33.3 Å². The van der Waals surface area contributed by atoms with E-state index >= 15 is 0 Å². The zero-order valence-corrected chi connectivity index (χ0v) is 26.5. The SMILES string of the molecule is CCN(CC)c1ccc(N=Nc2nc(C)ns2)c(O)c1.CCN(CC)c1ccc(N=Nc2nc(C)ns2)c(O)c1.[Co]. The van der Waals surface area contributed by atoms with Gasteiger partial charge in [0.25, 0.3) is 0 Å². The molecule has 0 aliphatic rings. The first kappa shape index (κ1) is 33.7. The van der Waals surface area contributed by atoms with Crippen LogP contribution in [0.3, 0.4) is 0 Å². The Morgan fingerprint density at radius 2 is 1.00 bits per heavy atom. The molecule has 0 amide bonds. The Kier molecular flexibility index (Phi) is 13.7. The Labute approximate surface area is 258 Å². The third-order valence-electron chi connectivity index (χ3n) is 5.70. The van der Waals surface area contributed by atoms with Gasteiger partial charge in [0.05, 0.1) is 0 Å². The monoisotopic (exact) mass is 641 g/mol. The van der Waals surface area contributed by atoms with E-state index in [0.717, 1.165) is 37.6 Å². The van der Waals surface area contributed by atoms with Gasteiger partial charge in [-0.1, -0.05) is 0 Å². The fourth-order valence-electron chi connectivity index (χ4n) is 3.61. The molecule has 41 heavy (non-hydrogen) atoms. The molecule has 0 unspecified atom stereocenters. The fraction of sp³-hybridized carbons (Fsp3) is 0.385. The number of nitrogens with zero attached hydrogens (tertiary/aromatic N) is 10. The van der Waals surface area contributed by atoms with Gasteiger partial charge < -0.3 is 20.0 Å². The molecule has 2 aromatic carbocycles. The summed E-state index contributed by atoms with van der Waals surface area (Å²) in [5.74, 6) is 1.56. The van der Waals surface area contributed by atoms with Crippen molar-refractivity contribution in [2.24, 2.45) is 20.5 Å². The molecular weight excluding hydrogens is 607 g/mol. The third-order valence-corrected chi connectivity index (χ3v) is 7.08. The van der Waals surface area contributed by atoms with E-state index < -0.39 is 0 Å². The Balaban J connectivity index is 0.000000280.